The fraction of sp³-hybridized carbons (Fsp3) is 0.867. The van der Waals surface area contributed by atoms with Gasteiger partial charge in [0.1, 0.15) is 5.92 Å². The predicted octanol–water partition coefficient (Wildman–Crippen LogP) is 8.17. The number of halogens is 5. The number of ketones is 1. The first-order valence-corrected chi connectivity index (χ1v) is 14.5. The van der Waals surface area contributed by atoms with Gasteiger partial charge in [0.05, 0.1) is 12.2 Å². The normalized spacial score (nSPS) is 38.0. The zero-order valence-corrected chi connectivity index (χ0v) is 22.6. The topological polar surface area (TPSA) is 61.1 Å². The third-order valence-electron chi connectivity index (χ3n) is 11.1. The van der Waals surface area contributed by atoms with E-state index in [1.807, 2.05) is 6.08 Å². The van der Waals surface area contributed by atoms with Crippen molar-refractivity contribution in [3.05, 3.63) is 11.6 Å². The Labute approximate surface area is 223 Å². The number of alkyl halides is 5. The number of carbonyl (C=O) groups is 1. The number of fused-ring (bicyclic) bond motifs is 5. The number of hydrogen-bond acceptors (Lipinski definition) is 3. The Morgan fingerprint density at radius 3 is 2.39 bits per heavy atom. The molecule has 3 nitrogen and oxygen atoms in total. The third-order valence-corrected chi connectivity index (χ3v) is 11.1. The molecule has 0 bridgehead atoms. The summed E-state index contributed by atoms with van der Waals surface area (Å²) in [6.45, 7) is 4.61. The van der Waals surface area contributed by atoms with Gasteiger partial charge >= 0.3 is 12.1 Å². The molecule has 0 aromatic heterocycles. The van der Waals surface area contributed by atoms with Crippen molar-refractivity contribution >= 4 is 5.78 Å². The number of aliphatic hydroxyl groups is 1. The van der Waals surface area contributed by atoms with Crippen LogP contribution in [0.15, 0.2) is 11.6 Å². The van der Waals surface area contributed by atoms with E-state index in [-0.39, 0.29) is 29.1 Å². The lowest BCUT2D eigenvalue weighted by Crippen LogP contribution is -2.54. The first-order valence-electron chi connectivity index (χ1n) is 14.5. The molecule has 3 fully saturated rings. The molecule has 0 aliphatic heterocycles. The van der Waals surface area contributed by atoms with E-state index in [0.29, 0.717) is 36.5 Å². The van der Waals surface area contributed by atoms with Gasteiger partial charge in [-0.1, -0.05) is 51.5 Å². The molecule has 0 amide bonds. The van der Waals surface area contributed by atoms with Gasteiger partial charge in [-0.05, 0) is 91.9 Å². The standard InChI is InChI=1S/C30H42F5NO2/c1-27-14-12-22(37)17-21(27)16-19(26-23-10-11-25(38)28(23,2)15-13-24(26)27)8-6-4-3-5-7-9-20(18-36)29(31,32)30(33,34)35/h17,19-20,23-26,38H,3-16H2,1-2H3/t19-,20?,23+,24+,25+,26+,27+,28+/m1/s1. The Bertz CT molecular complexity index is 955. The summed E-state index contributed by atoms with van der Waals surface area (Å²) in [5.74, 6) is -5.15. The van der Waals surface area contributed by atoms with Crippen LogP contribution in [0.4, 0.5) is 22.0 Å². The third kappa shape index (κ3) is 5.18. The molecule has 1 unspecified atom stereocenters. The highest BCUT2D eigenvalue weighted by molar-refractivity contribution is 5.91. The Kier molecular flexibility index (Phi) is 8.40. The lowest BCUT2D eigenvalue weighted by atomic mass is 9.44. The molecular weight excluding hydrogens is 501 g/mol. The molecule has 8 atom stereocenters. The summed E-state index contributed by atoms with van der Waals surface area (Å²) in [5, 5.41) is 19.7. The summed E-state index contributed by atoms with van der Waals surface area (Å²) in [4.78, 5) is 12.3. The molecule has 1 N–H and O–H groups in total. The minimum atomic E-state index is -5.70. The number of rotatable bonds is 9. The molecule has 0 heterocycles. The van der Waals surface area contributed by atoms with Crippen LogP contribution < -0.4 is 0 Å². The minimum Gasteiger partial charge on any atom is -0.393 e. The molecule has 0 aromatic carbocycles. The fourth-order valence-corrected chi connectivity index (χ4v) is 8.78. The van der Waals surface area contributed by atoms with E-state index in [1.54, 1.807) is 0 Å². The molecule has 0 radical (unpaired) electrons. The van der Waals surface area contributed by atoms with Crippen LogP contribution in [0.2, 0.25) is 0 Å². The summed E-state index contributed by atoms with van der Waals surface area (Å²) < 4.78 is 64.7. The van der Waals surface area contributed by atoms with Crippen molar-refractivity contribution in [2.45, 2.75) is 122 Å². The van der Waals surface area contributed by atoms with Crippen LogP contribution in [0.25, 0.3) is 0 Å². The molecule has 8 heteroatoms. The maximum absolute atomic E-state index is 13.5. The van der Waals surface area contributed by atoms with Crippen molar-refractivity contribution in [3.8, 4) is 6.07 Å². The maximum atomic E-state index is 13.5. The second-order valence-electron chi connectivity index (χ2n) is 13.1. The number of allylic oxidation sites excluding steroid dienone is 1. The Morgan fingerprint density at radius 2 is 1.71 bits per heavy atom. The van der Waals surface area contributed by atoms with Crippen LogP contribution in [0.5, 0.6) is 0 Å². The minimum absolute atomic E-state index is 0.0444. The second kappa shape index (κ2) is 10.8. The van der Waals surface area contributed by atoms with E-state index in [9.17, 15) is 31.9 Å². The van der Waals surface area contributed by atoms with Crippen LogP contribution in [0.3, 0.4) is 0 Å². The monoisotopic (exact) mass is 543 g/mol. The molecule has 0 saturated heterocycles. The van der Waals surface area contributed by atoms with Crippen LogP contribution in [0.1, 0.15) is 104 Å². The van der Waals surface area contributed by atoms with Crippen LogP contribution >= 0.6 is 0 Å². The highest BCUT2D eigenvalue weighted by Crippen LogP contribution is 2.67. The van der Waals surface area contributed by atoms with E-state index in [1.165, 1.54) is 5.57 Å². The van der Waals surface area contributed by atoms with Crippen molar-refractivity contribution in [1.29, 1.82) is 5.26 Å². The van der Waals surface area contributed by atoms with Crippen molar-refractivity contribution < 1.29 is 31.9 Å². The summed E-state index contributed by atoms with van der Waals surface area (Å²) >= 11 is 0. The van der Waals surface area contributed by atoms with E-state index in [0.717, 1.165) is 70.3 Å². The molecule has 38 heavy (non-hydrogen) atoms. The summed E-state index contributed by atoms with van der Waals surface area (Å²) in [6, 6.07) is 1.16. The second-order valence-corrected chi connectivity index (χ2v) is 13.1. The Balaban J connectivity index is 1.34. The molecule has 3 saturated carbocycles. The van der Waals surface area contributed by atoms with Gasteiger partial charge in [-0.25, -0.2) is 0 Å². The lowest BCUT2D eigenvalue weighted by molar-refractivity contribution is -0.296. The number of nitriles is 1. The summed E-state index contributed by atoms with van der Waals surface area (Å²) in [6.07, 6.45) is 6.17. The van der Waals surface area contributed by atoms with E-state index < -0.39 is 24.4 Å². The maximum Gasteiger partial charge on any atom is 0.454 e. The number of nitrogens with zero attached hydrogens (tertiary/aromatic N) is 1. The quantitative estimate of drug-likeness (QED) is 0.236. The van der Waals surface area contributed by atoms with Gasteiger partial charge in [-0.15, -0.1) is 0 Å². The average molecular weight is 544 g/mol. The van der Waals surface area contributed by atoms with Gasteiger partial charge < -0.3 is 5.11 Å². The van der Waals surface area contributed by atoms with Crippen molar-refractivity contribution in [3.63, 3.8) is 0 Å². The number of aliphatic hydroxyl groups excluding tert-OH is 1. The average Bonchev–Trinajstić information content (AvgIpc) is 3.15. The number of unbranched alkanes of at least 4 members (excludes halogenated alkanes) is 4. The highest BCUT2D eigenvalue weighted by Gasteiger charge is 2.63. The first kappa shape index (κ1) is 29.5. The zero-order chi connectivity index (χ0) is 27.9. The van der Waals surface area contributed by atoms with Gasteiger partial charge in [-0.3, -0.25) is 4.79 Å². The van der Waals surface area contributed by atoms with Crippen LogP contribution in [0, 0.1) is 51.8 Å². The van der Waals surface area contributed by atoms with Gasteiger partial charge in [-0.2, -0.15) is 27.2 Å². The van der Waals surface area contributed by atoms with Gasteiger partial charge in [0.15, 0.2) is 5.78 Å². The molecule has 4 aliphatic rings. The van der Waals surface area contributed by atoms with E-state index in [2.05, 4.69) is 13.8 Å². The summed E-state index contributed by atoms with van der Waals surface area (Å²) in [5.41, 5.74) is 1.31. The van der Waals surface area contributed by atoms with Crippen LogP contribution in [-0.2, 0) is 4.79 Å². The van der Waals surface area contributed by atoms with Crippen LogP contribution in [-0.4, -0.2) is 29.1 Å². The molecular formula is C30H42F5NO2. The van der Waals surface area contributed by atoms with Gasteiger partial charge in [0.25, 0.3) is 0 Å². The smallest absolute Gasteiger partial charge is 0.393 e. The van der Waals surface area contributed by atoms with E-state index in [4.69, 9.17) is 5.26 Å². The van der Waals surface area contributed by atoms with E-state index >= 15 is 0 Å². The first-order chi connectivity index (χ1) is 17.8. The lowest BCUT2D eigenvalue weighted by Gasteiger charge is -2.60. The highest BCUT2D eigenvalue weighted by atomic mass is 19.4. The van der Waals surface area contributed by atoms with Crippen molar-refractivity contribution in [1.82, 2.24) is 0 Å². The molecule has 0 aromatic rings. The largest absolute Gasteiger partial charge is 0.454 e. The SMILES string of the molecule is C[C@]12CC[C@H]3[C@@H]([C@H](CCCCCCCC(C#N)C(F)(F)C(F)(F)F)CC4=CC(=O)CC[C@@]43C)[C@@H]1CC[C@@H]2O. The summed E-state index contributed by atoms with van der Waals surface area (Å²) in [7, 11) is 0. The predicted molar refractivity (Wildman–Crippen MR) is 134 cm³/mol. The number of carbonyl (C=O) groups excluding carboxylic acids is 1. The molecule has 0 spiro atoms. The molecule has 214 valence electrons. The van der Waals surface area contributed by atoms with Crippen molar-refractivity contribution in [2.24, 2.45) is 40.4 Å². The zero-order valence-electron chi connectivity index (χ0n) is 22.6. The van der Waals surface area contributed by atoms with Crippen molar-refractivity contribution in [2.75, 3.05) is 0 Å². The van der Waals surface area contributed by atoms with Gasteiger partial charge in [0.2, 0.25) is 0 Å². The Morgan fingerprint density at radius 1 is 1.03 bits per heavy atom. The van der Waals surface area contributed by atoms with Gasteiger partial charge in [0, 0.05) is 6.42 Å². The molecule has 4 aliphatic carbocycles. The fourth-order valence-electron chi connectivity index (χ4n) is 8.78. The molecule has 4 rings (SSSR count). The Hall–Kier alpha value is -1.49. The number of hydrogen-bond donors (Lipinski definition) is 1.